The molecular weight excluding hydrogens is 701 g/mol. The summed E-state index contributed by atoms with van der Waals surface area (Å²) in [4.78, 5) is 17.4. The molecule has 0 radical (unpaired) electrons. The van der Waals surface area contributed by atoms with Crippen LogP contribution in [-0.2, 0) is 9.31 Å². The number of anilines is 3. The first-order valence-electron chi connectivity index (χ1n) is 19.4. The van der Waals surface area contributed by atoms with Crippen molar-refractivity contribution in [2.75, 3.05) is 4.90 Å². The predicted molar refractivity (Wildman–Crippen MR) is 233 cm³/mol. The highest BCUT2D eigenvalue weighted by molar-refractivity contribution is 6.62. The largest absolute Gasteiger partial charge is 0.494 e. The second kappa shape index (κ2) is 13.6. The highest BCUT2D eigenvalue weighted by Crippen LogP contribution is 2.39. The van der Waals surface area contributed by atoms with Gasteiger partial charge in [0.05, 0.1) is 22.2 Å². The Morgan fingerprint density at radius 2 is 1.05 bits per heavy atom. The van der Waals surface area contributed by atoms with E-state index in [2.05, 4.69) is 146 Å². The summed E-state index contributed by atoms with van der Waals surface area (Å²) < 4.78 is 15.3. The Morgan fingerprint density at radius 1 is 0.491 bits per heavy atom. The molecule has 10 rings (SSSR count). The Kier molecular flexibility index (Phi) is 8.29. The van der Waals surface area contributed by atoms with Gasteiger partial charge >= 0.3 is 7.12 Å². The van der Waals surface area contributed by atoms with E-state index in [9.17, 15) is 0 Å². The second-order valence-electron chi connectivity index (χ2n) is 15.6. The lowest BCUT2D eigenvalue weighted by molar-refractivity contribution is 0.00578. The van der Waals surface area contributed by atoms with Gasteiger partial charge < -0.3 is 13.9 Å². The molecule has 0 atom stereocenters. The van der Waals surface area contributed by atoms with E-state index in [1.807, 2.05) is 60.7 Å². The van der Waals surface area contributed by atoms with E-state index in [1.165, 1.54) is 10.8 Å². The van der Waals surface area contributed by atoms with Crippen molar-refractivity contribution in [1.82, 2.24) is 19.5 Å². The Morgan fingerprint density at radius 3 is 1.72 bits per heavy atom. The lowest BCUT2D eigenvalue weighted by Crippen LogP contribution is -2.41. The van der Waals surface area contributed by atoms with Gasteiger partial charge in [0, 0.05) is 39.0 Å². The minimum atomic E-state index is -0.467. The number of hydrogen-bond acceptors (Lipinski definition) is 6. The molecule has 0 saturated carbocycles. The van der Waals surface area contributed by atoms with E-state index in [-0.39, 0.29) is 0 Å². The molecule has 1 aliphatic heterocycles. The summed E-state index contributed by atoms with van der Waals surface area (Å²) in [5.41, 5.74) is 7.03. The molecule has 0 bridgehead atoms. The molecule has 57 heavy (non-hydrogen) atoms. The van der Waals surface area contributed by atoms with Crippen LogP contribution in [0.2, 0.25) is 0 Å². The van der Waals surface area contributed by atoms with Crippen LogP contribution in [-0.4, -0.2) is 37.8 Å². The molecular formula is C49H40BN5O2. The number of rotatable bonds is 7. The van der Waals surface area contributed by atoms with Gasteiger partial charge in [-0.3, -0.25) is 4.90 Å². The van der Waals surface area contributed by atoms with Crippen molar-refractivity contribution in [1.29, 1.82) is 0 Å². The van der Waals surface area contributed by atoms with E-state index < -0.39 is 18.3 Å². The SMILES string of the molecule is CC1(C)OB(c2ccc3c4ccccc4n(-c4ccc(N(c5ccc6ccccc6c5)c5nc(-c6ccccc6)nc(-c6ccccc6)n5)cc4)c3c2)OC1(C)C. The quantitative estimate of drug-likeness (QED) is 0.152. The van der Waals surface area contributed by atoms with Gasteiger partial charge in [-0.15, -0.1) is 0 Å². The standard InChI is InChI=1S/C49H40BN5O2/c1-48(2)49(3,4)57-50(56-48)37-24-30-42-41-21-13-14-22-43(41)55(44(42)32-37)39-28-26-38(27-29-39)54(40-25-23-33-15-11-12-20-36(33)31-40)47-52-45(34-16-7-5-8-17-34)51-46(53-47)35-18-9-6-10-19-35/h5-32H,1-4H3. The minimum Gasteiger partial charge on any atom is -0.399 e. The van der Waals surface area contributed by atoms with Crippen LogP contribution in [0.15, 0.2) is 170 Å². The molecule has 8 heteroatoms. The number of hydrogen-bond donors (Lipinski definition) is 0. The topological polar surface area (TPSA) is 65.3 Å². The predicted octanol–water partition coefficient (Wildman–Crippen LogP) is 11.2. The zero-order chi connectivity index (χ0) is 38.7. The molecule has 0 N–H and O–H groups in total. The van der Waals surface area contributed by atoms with E-state index >= 15 is 0 Å². The molecule has 276 valence electrons. The van der Waals surface area contributed by atoms with Gasteiger partial charge in [-0.1, -0.05) is 121 Å². The molecule has 0 amide bonds. The summed E-state index contributed by atoms with van der Waals surface area (Å²) in [7, 11) is -0.467. The summed E-state index contributed by atoms with van der Waals surface area (Å²) in [6.45, 7) is 8.36. The molecule has 1 aliphatic rings. The summed E-state index contributed by atoms with van der Waals surface area (Å²) in [5.74, 6) is 1.73. The van der Waals surface area contributed by atoms with Crippen molar-refractivity contribution in [3.05, 3.63) is 170 Å². The Hall–Kier alpha value is -6.61. The number of benzene rings is 7. The number of para-hydroxylation sites is 1. The maximum Gasteiger partial charge on any atom is 0.494 e. The van der Waals surface area contributed by atoms with Crippen LogP contribution in [0.1, 0.15) is 27.7 Å². The molecule has 1 fully saturated rings. The lowest BCUT2D eigenvalue weighted by Gasteiger charge is -2.32. The van der Waals surface area contributed by atoms with E-state index in [1.54, 1.807) is 0 Å². The van der Waals surface area contributed by atoms with Crippen LogP contribution in [0, 0.1) is 0 Å². The Labute approximate surface area is 332 Å². The van der Waals surface area contributed by atoms with E-state index in [0.717, 1.165) is 55.5 Å². The summed E-state index contributed by atoms with van der Waals surface area (Å²) >= 11 is 0. The molecule has 2 aromatic heterocycles. The lowest BCUT2D eigenvalue weighted by atomic mass is 9.79. The maximum absolute atomic E-state index is 6.49. The summed E-state index contributed by atoms with van der Waals surface area (Å²) in [6, 6.07) is 58.8. The molecule has 3 heterocycles. The van der Waals surface area contributed by atoms with Crippen molar-refractivity contribution in [3.63, 3.8) is 0 Å². The highest BCUT2D eigenvalue weighted by atomic mass is 16.7. The maximum atomic E-state index is 6.49. The summed E-state index contributed by atoms with van der Waals surface area (Å²) in [5, 5.41) is 4.63. The average molecular weight is 742 g/mol. The molecule has 0 spiro atoms. The second-order valence-corrected chi connectivity index (χ2v) is 15.6. The smallest absolute Gasteiger partial charge is 0.399 e. The molecule has 1 saturated heterocycles. The Balaban J connectivity index is 1.13. The first kappa shape index (κ1) is 34.9. The number of nitrogens with zero attached hydrogens (tertiary/aromatic N) is 5. The fourth-order valence-corrected chi connectivity index (χ4v) is 7.74. The van der Waals surface area contributed by atoms with Crippen LogP contribution in [0.5, 0.6) is 0 Å². The highest BCUT2D eigenvalue weighted by Gasteiger charge is 2.51. The number of aromatic nitrogens is 4. The first-order valence-corrected chi connectivity index (χ1v) is 19.4. The van der Waals surface area contributed by atoms with Gasteiger partial charge in [-0.2, -0.15) is 9.97 Å². The van der Waals surface area contributed by atoms with E-state index in [0.29, 0.717) is 17.6 Å². The van der Waals surface area contributed by atoms with Crippen LogP contribution < -0.4 is 10.4 Å². The van der Waals surface area contributed by atoms with Crippen molar-refractivity contribution >= 4 is 62.5 Å². The van der Waals surface area contributed by atoms with E-state index in [4.69, 9.17) is 24.3 Å². The van der Waals surface area contributed by atoms with Gasteiger partial charge in [0.25, 0.3) is 0 Å². The van der Waals surface area contributed by atoms with Crippen molar-refractivity contribution in [2.45, 2.75) is 38.9 Å². The van der Waals surface area contributed by atoms with Gasteiger partial charge in [-0.05, 0) is 92.5 Å². The fraction of sp³-hybridized carbons (Fsp3) is 0.122. The fourth-order valence-electron chi connectivity index (χ4n) is 7.74. The summed E-state index contributed by atoms with van der Waals surface area (Å²) in [6.07, 6.45) is 0. The molecule has 0 unspecified atom stereocenters. The van der Waals surface area contributed by atoms with Gasteiger partial charge in [0.1, 0.15) is 0 Å². The van der Waals surface area contributed by atoms with Crippen LogP contribution in [0.4, 0.5) is 17.3 Å². The number of fused-ring (bicyclic) bond motifs is 4. The monoisotopic (exact) mass is 741 g/mol. The molecule has 7 aromatic carbocycles. The Bertz CT molecular complexity index is 2850. The van der Waals surface area contributed by atoms with Crippen molar-refractivity contribution in [3.8, 4) is 28.5 Å². The zero-order valence-electron chi connectivity index (χ0n) is 32.3. The first-order chi connectivity index (χ1) is 27.7. The van der Waals surface area contributed by atoms with Crippen molar-refractivity contribution < 1.29 is 9.31 Å². The van der Waals surface area contributed by atoms with Crippen LogP contribution >= 0.6 is 0 Å². The molecule has 0 aliphatic carbocycles. The van der Waals surface area contributed by atoms with Gasteiger partial charge in [0.15, 0.2) is 11.6 Å². The minimum absolute atomic E-state index is 0.436. The van der Waals surface area contributed by atoms with Crippen LogP contribution in [0.3, 0.4) is 0 Å². The van der Waals surface area contributed by atoms with Gasteiger partial charge in [-0.25, -0.2) is 4.98 Å². The third-order valence-corrected chi connectivity index (χ3v) is 11.5. The third-order valence-electron chi connectivity index (χ3n) is 11.5. The van der Waals surface area contributed by atoms with Gasteiger partial charge in [0.2, 0.25) is 5.95 Å². The molecule has 9 aromatic rings. The van der Waals surface area contributed by atoms with Crippen molar-refractivity contribution in [2.24, 2.45) is 0 Å². The van der Waals surface area contributed by atoms with Crippen LogP contribution in [0.25, 0.3) is 61.0 Å². The average Bonchev–Trinajstić information content (AvgIpc) is 3.69. The third kappa shape index (κ3) is 6.14. The zero-order valence-corrected chi connectivity index (χ0v) is 32.3. The molecule has 7 nitrogen and oxygen atoms in total. The normalized spacial score (nSPS) is 14.8.